The highest BCUT2D eigenvalue weighted by atomic mass is 35.5. The SMILES string of the molecule is CCCCCNC(=O)C1CCN(C(=O)C(C)Sc2cc(Cl)ccc2Cl)CC1. The van der Waals surface area contributed by atoms with Crippen molar-refractivity contribution in [2.24, 2.45) is 5.92 Å². The Morgan fingerprint density at radius 1 is 1.26 bits per heavy atom. The van der Waals surface area contributed by atoms with Crippen molar-refractivity contribution >= 4 is 46.8 Å². The molecule has 1 unspecified atom stereocenters. The second-order valence-corrected chi connectivity index (χ2v) is 9.16. The number of nitrogens with zero attached hydrogens (tertiary/aromatic N) is 1. The maximum Gasteiger partial charge on any atom is 0.235 e. The molecular formula is C20H28Cl2N2O2S. The summed E-state index contributed by atoms with van der Waals surface area (Å²) in [7, 11) is 0. The Bertz CT molecular complexity index is 649. The van der Waals surface area contributed by atoms with Crippen LogP contribution in [-0.2, 0) is 9.59 Å². The summed E-state index contributed by atoms with van der Waals surface area (Å²) in [6.45, 7) is 6.03. The molecule has 4 nitrogen and oxygen atoms in total. The third-order valence-corrected chi connectivity index (χ3v) is 6.63. The first-order valence-corrected chi connectivity index (χ1v) is 11.2. The van der Waals surface area contributed by atoms with Crippen LogP contribution < -0.4 is 5.32 Å². The van der Waals surface area contributed by atoms with E-state index < -0.39 is 0 Å². The van der Waals surface area contributed by atoms with Crippen molar-refractivity contribution < 1.29 is 9.59 Å². The van der Waals surface area contributed by atoms with E-state index in [1.165, 1.54) is 11.8 Å². The number of carbonyl (C=O) groups excluding carboxylic acids is 2. The normalized spacial score (nSPS) is 16.2. The Labute approximate surface area is 176 Å². The molecule has 1 N–H and O–H groups in total. The monoisotopic (exact) mass is 430 g/mol. The van der Waals surface area contributed by atoms with E-state index in [0.717, 1.165) is 43.5 Å². The van der Waals surface area contributed by atoms with Crippen LogP contribution in [0.1, 0.15) is 46.0 Å². The maximum atomic E-state index is 12.7. The standard InChI is InChI=1S/C20H28Cl2N2O2S/c1-3-4-5-10-23-19(25)15-8-11-24(12-9-15)20(26)14(2)27-18-13-16(21)6-7-17(18)22/h6-7,13-15H,3-5,8-12H2,1-2H3,(H,23,25). The van der Waals surface area contributed by atoms with Crippen LogP contribution in [0.2, 0.25) is 10.0 Å². The molecule has 1 aromatic rings. The Morgan fingerprint density at radius 2 is 1.96 bits per heavy atom. The molecule has 1 atom stereocenters. The van der Waals surface area contributed by atoms with E-state index in [1.54, 1.807) is 18.2 Å². The number of carbonyl (C=O) groups is 2. The first-order chi connectivity index (χ1) is 12.9. The van der Waals surface area contributed by atoms with Gasteiger partial charge in [0.15, 0.2) is 0 Å². The molecule has 150 valence electrons. The van der Waals surface area contributed by atoms with E-state index in [4.69, 9.17) is 23.2 Å². The molecule has 1 fully saturated rings. The number of hydrogen-bond acceptors (Lipinski definition) is 3. The number of thioether (sulfide) groups is 1. The van der Waals surface area contributed by atoms with Crippen LogP contribution in [0.15, 0.2) is 23.1 Å². The van der Waals surface area contributed by atoms with E-state index >= 15 is 0 Å². The molecule has 7 heteroatoms. The van der Waals surface area contributed by atoms with Crippen molar-refractivity contribution in [2.45, 2.75) is 56.1 Å². The first kappa shape index (κ1) is 22.4. The molecule has 0 bridgehead atoms. The third kappa shape index (κ3) is 6.88. The fraction of sp³-hybridized carbons (Fsp3) is 0.600. The lowest BCUT2D eigenvalue weighted by Gasteiger charge is -2.33. The van der Waals surface area contributed by atoms with Gasteiger partial charge >= 0.3 is 0 Å². The van der Waals surface area contributed by atoms with Gasteiger partial charge in [0, 0.05) is 35.5 Å². The minimum absolute atomic E-state index is 0.0148. The molecule has 0 aliphatic carbocycles. The number of rotatable bonds is 8. The Hall–Kier alpha value is -0.910. The molecule has 0 aromatic heterocycles. The molecule has 1 saturated heterocycles. The second-order valence-electron chi connectivity index (χ2n) is 6.93. The topological polar surface area (TPSA) is 49.4 Å². The summed E-state index contributed by atoms with van der Waals surface area (Å²) in [5.41, 5.74) is 0. The van der Waals surface area contributed by atoms with Crippen LogP contribution in [-0.4, -0.2) is 41.6 Å². The number of unbranched alkanes of at least 4 members (excludes halogenated alkanes) is 2. The quantitative estimate of drug-likeness (QED) is 0.465. The fourth-order valence-corrected chi connectivity index (χ4v) is 4.65. The third-order valence-electron chi connectivity index (χ3n) is 4.80. The van der Waals surface area contributed by atoms with E-state index in [-0.39, 0.29) is 23.0 Å². The van der Waals surface area contributed by atoms with Crippen LogP contribution in [0.4, 0.5) is 0 Å². The zero-order valence-electron chi connectivity index (χ0n) is 16.0. The van der Waals surface area contributed by atoms with Crippen LogP contribution >= 0.6 is 35.0 Å². The van der Waals surface area contributed by atoms with Gasteiger partial charge < -0.3 is 10.2 Å². The zero-order chi connectivity index (χ0) is 19.8. The van der Waals surface area contributed by atoms with E-state index in [0.29, 0.717) is 23.1 Å². The minimum Gasteiger partial charge on any atom is -0.356 e. The van der Waals surface area contributed by atoms with Gasteiger partial charge in [0.1, 0.15) is 0 Å². The van der Waals surface area contributed by atoms with Gasteiger partial charge in [-0.15, -0.1) is 11.8 Å². The maximum absolute atomic E-state index is 12.7. The van der Waals surface area contributed by atoms with Gasteiger partial charge in [0.2, 0.25) is 11.8 Å². The van der Waals surface area contributed by atoms with Gasteiger partial charge in [-0.25, -0.2) is 0 Å². The lowest BCUT2D eigenvalue weighted by atomic mass is 9.95. The Balaban J connectivity index is 1.80. The highest BCUT2D eigenvalue weighted by Crippen LogP contribution is 2.33. The van der Waals surface area contributed by atoms with Crippen LogP contribution in [0, 0.1) is 5.92 Å². The van der Waals surface area contributed by atoms with Gasteiger partial charge in [-0.3, -0.25) is 9.59 Å². The predicted molar refractivity (Wildman–Crippen MR) is 114 cm³/mol. The summed E-state index contributed by atoms with van der Waals surface area (Å²) in [6, 6.07) is 5.26. The van der Waals surface area contributed by atoms with Crippen LogP contribution in [0.25, 0.3) is 0 Å². The van der Waals surface area contributed by atoms with Crippen molar-refractivity contribution in [1.29, 1.82) is 0 Å². The molecule has 0 saturated carbocycles. The number of nitrogens with one attached hydrogen (secondary N) is 1. The number of likely N-dealkylation sites (tertiary alicyclic amines) is 1. The summed E-state index contributed by atoms with van der Waals surface area (Å²) in [6.07, 6.45) is 4.76. The van der Waals surface area contributed by atoms with Crippen LogP contribution in [0.3, 0.4) is 0 Å². The Morgan fingerprint density at radius 3 is 2.63 bits per heavy atom. The lowest BCUT2D eigenvalue weighted by molar-refractivity contribution is -0.134. The number of halogens is 2. The van der Waals surface area contributed by atoms with Gasteiger partial charge in [0.25, 0.3) is 0 Å². The molecule has 2 rings (SSSR count). The molecule has 27 heavy (non-hydrogen) atoms. The summed E-state index contributed by atoms with van der Waals surface area (Å²) < 4.78 is 0. The van der Waals surface area contributed by atoms with E-state index in [2.05, 4.69) is 12.2 Å². The number of hydrogen-bond donors (Lipinski definition) is 1. The average molecular weight is 431 g/mol. The van der Waals surface area contributed by atoms with Crippen molar-refractivity contribution in [3.05, 3.63) is 28.2 Å². The van der Waals surface area contributed by atoms with Crippen molar-refractivity contribution in [3.8, 4) is 0 Å². The van der Waals surface area contributed by atoms with Crippen molar-refractivity contribution in [1.82, 2.24) is 10.2 Å². The van der Waals surface area contributed by atoms with E-state index in [9.17, 15) is 9.59 Å². The minimum atomic E-state index is -0.250. The first-order valence-electron chi connectivity index (χ1n) is 9.60. The molecule has 2 amide bonds. The van der Waals surface area contributed by atoms with Crippen molar-refractivity contribution in [2.75, 3.05) is 19.6 Å². The number of piperidine rings is 1. The highest BCUT2D eigenvalue weighted by Gasteiger charge is 2.29. The molecule has 1 aromatic carbocycles. The van der Waals surface area contributed by atoms with Crippen molar-refractivity contribution in [3.63, 3.8) is 0 Å². The van der Waals surface area contributed by atoms with Crippen LogP contribution in [0.5, 0.6) is 0 Å². The van der Waals surface area contributed by atoms with Gasteiger partial charge in [-0.2, -0.15) is 0 Å². The van der Waals surface area contributed by atoms with Gasteiger partial charge in [-0.05, 0) is 44.4 Å². The Kier molecular flexibility index (Phi) is 9.27. The average Bonchev–Trinajstić information content (AvgIpc) is 2.67. The zero-order valence-corrected chi connectivity index (χ0v) is 18.3. The summed E-state index contributed by atoms with van der Waals surface area (Å²) in [5.74, 6) is 0.227. The summed E-state index contributed by atoms with van der Waals surface area (Å²) >= 11 is 13.6. The highest BCUT2D eigenvalue weighted by molar-refractivity contribution is 8.00. The lowest BCUT2D eigenvalue weighted by Crippen LogP contribution is -2.45. The smallest absolute Gasteiger partial charge is 0.235 e. The molecular weight excluding hydrogens is 403 g/mol. The fourth-order valence-electron chi connectivity index (χ4n) is 3.16. The summed E-state index contributed by atoms with van der Waals surface area (Å²) in [4.78, 5) is 27.7. The second kappa shape index (κ2) is 11.2. The van der Waals surface area contributed by atoms with Gasteiger partial charge in [-0.1, -0.05) is 43.0 Å². The summed E-state index contributed by atoms with van der Waals surface area (Å²) in [5, 5.41) is 3.98. The molecule has 1 heterocycles. The molecule has 0 spiro atoms. The predicted octanol–water partition coefficient (Wildman–Crippen LogP) is 5.02. The largest absolute Gasteiger partial charge is 0.356 e. The number of benzene rings is 1. The molecule has 1 aliphatic rings. The number of amides is 2. The van der Waals surface area contributed by atoms with E-state index in [1.807, 2.05) is 11.8 Å². The van der Waals surface area contributed by atoms with Gasteiger partial charge in [0.05, 0.1) is 10.3 Å². The molecule has 0 radical (unpaired) electrons. The molecule has 1 aliphatic heterocycles.